The number of rotatable bonds is 5. The van der Waals surface area contributed by atoms with E-state index in [-0.39, 0.29) is 0 Å². The third kappa shape index (κ3) is 1.96. The quantitative estimate of drug-likeness (QED) is 0.797. The molecule has 4 heteroatoms. The van der Waals surface area contributed by atoms with Gasteiger partial charge in [0, 0.05) is 11.3 Å². The van der Waals surface area contributed by atoms with Gasteiger partial charge in [0.05, 0.1) is 0 Å². The lowest BCUT2D eigenvalue weighted by Gasteiger charge is -2.15. The molecule has 3 N–H and O–H groups in total. The molecule has 0 spiro atoms. The van der Waals surface area contributed by atoms with Crippen molar-refractivity contribution >= 4 is 16.7 Å². The van der Waals surface area contributed by atoms with Crippen molar-refractivity contribution < 1.29 is 0 Å². The van der Waals surface area contributed by atoms with Gasteiger partial charge in [-0.2, -0.15) is 15.4 Å². The molecule has 0 radical (unpaired) electrons. The maximum Gasteiger partial charge on any atom is 0.118 e. The van der Waals surface area contributed by atoms with E-state index >= 15 is 0 Å². The summed E-state index contributed by atoms with van der Waals surface area (Å²) in [5.41, 5.74) is 13.0. The zero-order chi connectivity index (χ0) is 13.1. The highest BCUT2D eigenvalue weighted by atomic mass is 15.3. The smallest absolute Gasteiger partial charge is 0.118 e. The van der Waals surface area contributed by atoms with Gasteiger partial charge in [0.25, 0.3) is 0 Å². The van der Waals surface area contributed by atoms with Gasteiger partial charge >= 0.3 is 0 Å². The summed E-state index contributed by atoms with van der Waals surface area (Å²) in [7, 11) is 0. The first-order valence-corrected chi connectivity index (χ1v) is 6.87. The molecule has 0 unspecified atom stereocenters. The molecule has 0 atom stereocenters. The molecule has 2 rings (SSSR count). The van der Waals surface area contributed by atoms with Crippen LogP contribution in [0.5, 0.6) is 0 Å². The van der Waals surface area contributed by atoms with Crippen molar-refractivity contribution in [1.82, 2.24) is 15.4 Å². The van der Waals surface area contributed by atoms with Crippen LogP contribution in [-0.2, 0) is 19.3 Å². The average molecular weight is 246 g/mol. The number of H-pyrrole nitrogens is 1. The molecule has 0 aliphatic heterocycles. The van der Waals surface area contributed by atoms with Crippen LogP contribution in [0.4, 0.5) is 5.69 Å². The molecule has 98 valence electrons. The summed E-state index contributed by atoms with van der Waals surface area (Å²) in [6, 6.07) is 0. The van der Waals surface area contributed by atoms with Crippen LogP contribution in [0.15, 0.2) is 0 Å². The lowest BCUT2D eigenvalue weighted by Crippen LogP contribution is -2.06. The maximum atomic E-state index is 6.35. The third-order valence-corrected chi connectivity index (χ3v) is 3.49. The highest BCUT2D eigenvalue weighted by molar-refractivity contribution is 5.88. The number of benzene rings is 1. The van der Waals surface area contributed by atoms with E-state index < -0.39 is 0 Å². The van der Waals surface area contributed by atoms with Crippen molar-refractivity contribution in [1.29, 1.82) is 0 Å². The minimum absolute atomic E-state index is 0.901. The van der Waals surface area contributed by atoms with Crippen LogP contribution >= 0.6 is 0 Å². The van der Waals surface area contributed by atoms with E-state index in [0.29, 0.717) is 0 Å². The number of aryl methyl sites for hydroxylation is 2. The minimum atomic E-state index is 0.901. The molecule has 2 aromatic rings. The minimum Gasteiger partial charge on any atom is -0.398 e. The molecular weight excluding hydrogens is 224 g/mol. The van der Waals surface area contributed by atoms with Crippen molar-refractivity contribution in [2.24, 2.45) is 0 Å². The second-order valence-corrected chi connectivity index (χ2v) is 4.72. The van der Waals surface area contributed by atoms with Gasteiger partial charge in [0.15, 0.2) is 0 Å². The first-order chi connectivity index (χ1) is 8.74. The summed E-state index contributed by atoms with van der Waals surface area (Å²) in [5, 5.41) is 11.4. The Hall–Kier alpha value is -1.58. The standard InChI is InChI=1S/C14H22N4/c1-4-7-10-11(8-5-2)14-13(16-18-17-14)9(6-3)12(10)15/h4-8,15H2,1-3H3,(H,16,17,18). The predicted molar refractivity (Wildman–Crippen MR) is 75.7 cm³/mol. The van der Waals surface area contributed by atoms with Gasteiger partial charge in [-0.05, 0) is 30.4 Å². The fourth-order valence-electron chi connectivity index (χ4n) is 2.68. The SMILES string of the molecule is CCCc1c(N)c(CC)c2n[nH]nc2c1CCC. The number of aromatic nitrogens is 3. The molecule has 0 aliphatic rings. The van der Waals surface area contributed by atoms with Gasteiger partial charge in [-0.25, -0.2) is 0 Å². The molecule has 0 saturated heterocycles. The summed E-state index contributed by atoms with van der Waals surface area (Å²) in [6.45, 7) is 6.49. The molecule has 18 heavy (non-hydrogen) atoms. The average Bonchev–Trinajstić information content (AvgIpc) is 2.83. The van der Waals surface area contributed by atoms with Crippen LogP contribution in [0.3, 0.4) is 0 Å². The van der Waals surface area contributed by atoms with Crippen molar-refractivity contribution in [2.45, 2.75) is 52.9 Å². The van der Waals surface area contributed by atoms with Gasteiger partial charge in [0.1, 0.15) is 11.0 Å². The van der Waals surface area contributed by atoms with E-state index in [4.69, 9.17) is 5.73 Å². The Bertz CT molecular complexity index is 542. The molecule has 0 fully saturated rings. The number of nitrogens with one attached hydrogen (secondary N) is 1. The Labute approximate surface area is 108 Å². The highest BCUT2D eigenvalue weighted by Crippen LogP contribution is 2.32. The van der Waals surface area contributed by atoms with Crippen LogP contribution in [-0.4, -0.2) is 15.4 Å². The number of anilines is 1. The van der Waals surface area contributed by atoms with Crippen molar-refractivity contribution in [3.63, 3.8) is 0 Å². The molecule has 1 aromatic carbocycles. The topological polar surface area (TPSA) is 67.6 Å². The van der Waals surface area contributed by atoms with Crippen LogP contribution in [0.2, 0.25) is 0 Å². The first-order valence-electron chi connectivity index (χ1n) is 6.87. The Morgan fingerprint density at radius 1 is 0.889 bits per heavy atom. The Morgan fingerprint density at radius 2 is 1.44 bits per heavy atom. The molecular formula is C14H22N4. The molecule has 1 aromatic heterocycles. The van der Waals surface area contributed by atoms with E-state index in [0.717, 1.165) is 54.4 Å². The van der Waals surface area contributed by atoms with Crippen LogP contribution in [0.1, 0.15) is 50.3 Å². The summed E-state index contributed by atoms with van der Waals surface area (Å²) >= 11 is 0. The monoisotopic (exact) mass is 246 g/mol. The highest BCUT2D eigenvalue weighted by Gasteiger charge is 2.18. The Balaban J connectivity index is 2.75. The third-order valence-electron chi connectivity index (χ3n) is 3.49. The van der Waals surface area contributed by atoms with E-state index in [9.17, 15) is 0 Å². The number of nitrogen functional groups attached to an aromatic ring is 1. The summed E-state index contributed by atoms with van der Waals surface area (Å²) < 4.78 is 0. The zero-order valence-electron chi connectivity index (χ0n) is 11.5. The van der Waals surface area contributed by atoms with E-state index in [1.54, 1.807) is 0 Å². The number of hydrogen-bond donors (Lipinski definition) is 2. The fraction of sp³-hybridized carbons (Fsp3) is 0.571. The number of aromatic amines is 1. The second-order valence-electron chi connectivity index (χ2n) is 4.72. The van der Waals surface area contributed by atoms with Crippen molar-refractivity contribution in [2.75, 3.05) is 5.73 Å². The lowest BCUT2D eigenvalue weighted by atomic mass is 9.92. The van der Waals surface area contributed by atoms with Crippen molar-refractivity contribution in [3.8, 4) is 0 Å². The molecule has 1 heterocycles. The molecule has 0 bridgehead atoms. The Kier molecular flexibility index (Phi) is 3.84. The van der Waals surface area contributed by atoms with Gasteiger partial charge < -0.3 is 5.73 Å². The molecule has 0 saturated carbocycles. The zero-order valence-corrected chi connectivity index (χ0v) is 11.5. The largest absolute Gasteiger partial charge is 0.398 e. The number of nitrogens with zero attached hydrogens (tertiary/aromatic N) is 2. The van der Waals surface area contributed by atoms with E-state index in [1.807, 2.05) is 0 Å². The predicted octanol–water partition coefficient (Wildman–Crippen LogP) is 3.01. The lowest BCUT2D eigenvalue weighted by molar-refractivity contribution is 0.864. The van der Waals surface area contributed by atoms with Crippen molar-refractivity contribution in [3.05, 3.63) is 16.7 Å². The number of fused-ring (bicyclic) bond motifs is 1. The molecule has 4 nitrogen and oxygen atoms in total. The molecule has 0 aliphatic carbocycles. The van der Waals surface area contributed by atoms with Crippen LogP contribution in [0, 0.1) is 0 Å². The molecule has 0 amide bonds. The first kappa shape index (κ1) is 12.9. The van der Waals surface area contributed by atoms with Gasteiger partial charge in [-0.3, -0.25) is 0 Å². The van der Waals surface area contributed by atoms with Crippen LogP contribution < -0.4 is 5.73 Å². The van der Waals surface area contributed by atoms with E-state index in [1.165, 1.54) is 11.1 Å². The van der Waals surface area contributed by atoms with Gasteiger partial charge in [-0.15, -0.1) is 0 Å². The normalized spacial score (nSPS) is 11.3. The van der Waals surface area contributed by atoms with E-state index in [2.05, 4.69) is 36.2 Å². The Morgan fingerprint density at radius 3 is 2.00 bits per heavy atom. The number of hydrogen-bond acceptors (Lipinski definition) is 3. The fourth-order valence-corrected chi connectivity index (χ4v) is 2.68. The second kappa shape index (κ2) is 5.38. The van der Waals surface area contributed by atoms with Gasteiger partial charge in [0.2, 0.25) is 0 Å². The van der Waals surface area contributed by atoms with Crippen LogP contribution in [0.25, 0.3) is 11.0 Å². The summed E-state index contributed by atoms with van der Waals surface area (Å²) in [5.74, 6) is 0. The summed E-state index contributed by atoms with van der Waals surface area (Å²) in [6.07, 6.45) is 5.15. The van der Waals surface area contributed by atoms with Gasteiger partial charge in [-0.1, -0.05) is 33.6 Å². The number of nitrogens with two attached hydrogens (primary N) is 1. The summed E-state index contributed by atoms with van der Waals surface area (Å²) in [4.78, 5) is 0. The maximum absolute atomic E-state index is 6.35.